The summed E-state index contributed by atoms with van der Waals surface area (Å²) in [4.78, 5) is 55.0. The molecule has 0 aromatic heterocycles. The minimum atomic E-state index is -4.82. The molecule has 0 aromatic rings. The van der Waals surface area contributed by atoms with E-state index in [0.717, 1.165) is 38.5 Å². The molecule has 0 saturated heterocycles. The number of hydrogen-bond acceptors (Lipinski definition) is 7. The normalized spacial score (nSPS) is 12.9. The number of rotatable bonds is 41. The third-order valence-electron chi connectivity index (χ3n) is 9.49. The van der Waals surface area contributed by atoms with Gasteiger partial charge >= 0.3 is 19.8 Å². The van der Waals surface area contributed by atoms with Gasteiger partial charge in [-0.15, -0.1) is 0 Å². The van der Waals surface area contributed by atoms with Gasteiger partial charge in [0.05, 0.1) is 6.61 Å². The van der Waals surface area contributed by atoms with E-state index in [9.17, 15) is 18.9 Å². The Balaban J connectivity index is 4.04. The van der Waals surface area contributed by atoms with E-state index in [1.165, 1.54) is 122 Å². The van der Waals surface area contributed by atoms with Crippen LogP contribution in [0.2, 0.25) is 0 Å². The second-order valence-electron chi connectivity index (χ2n) is 15.1. The molecule has 0 unspecified atom stereocenters. The highest BCUT2D eigenvalue weighted by molar-refractivity contribution is 7.46. The van der Waals surface area contributed by atoms with Crippen LogP contribution < -0.4 is 0 Å². The Kier molecular flexibility index (Phi) is 39.7. The van der Waals surface area contributed by atoms with Crippen molar-refractivity contribution in [2.75, 3.05) is 13.2 Å². The second-order valence-corrected chi connectivity index (χ2v) is 16.3. The van der Waals surface area contributed by atoms with E-state index >= 15 is 0 Å². The summed E-state index contributed by atoms with van der Waals surface area (Å²) in [5, 5.41) is 0. The predicted molar refractivity (Wildman–Crippen MR) is 235 cm³/mol. The number of ether oxygens (including phenoxy) is 2. The van der Waals surface area contributed by atoms with Crippen LogP contribution in [0.15, 0.2) is 60.8 Å². The molecule has 0 amide bonds. The molecule has 0 radical (unpaired) electrons. The Morgan fingerprint density at radius 3 is 1.54 bits per heavy atom. The van der Waals surface area contributed by atoms with Gasteiger partial charge < -0.3 is 19.3 Å². The van der Waals surface area contributed by atoms with Gasteiger partial charge in [0.15, 0.2) is 11.9 Å². The van der Waals surface area contributed by atoms with Gasteiger partial charge in [-0.05, 0) is 70.3 Å². The van der Waals surface area contributed by atoms with Gasteiger partial charge in [0.2, 0.25) is 0 Å². The minimum absolute atomic E-state index is 0.0785. The molecular weight excluding hydrogens is 739 g/mol. The number of carbonyl (C=O) groups excluding carboxylic acids is 3. The van der Waals surface area contributed by atoms with Crippen LogP contribution in [0.5, 0.6) is 0 Å². The Hall–Kier alpha value is -2.58. The van der Waals surface area contributed by atoms with Gasteiger partial charge in [-0.2, -0.15) is 0 Å². The number of ketones is 1. The maximum absolute atomic E-state index is 12.4. The lowest BCUT2D eigenvalue weighted by atomic mass is 10.0. The summed E-state index contributed by atoms with van der Waals surface area (Å²) >= 11 is 0. The van der Waals surface area contributed by atoms with E-state index in [-0.39, 0.29) is 38.1 Å². The van der Waals surface area contributed by atoms with E-state index < -0.39 is 32.5 Å². The van der Waals surface area contributed by atoms with E-state index in [0.29, 0.717) is 6.42 Å². The number of phosphoric ester groups is 1. The first-order valence-corrected chi connectivity index (χ1v) is 24.1. The molecule has 328 valence electrons. The van der Waals surface area contributed by atoms with Crippen LogP contribution in [0, 0.1) is 0 Å². The van der Waals surface area contributed by atoms with Crippen molar-refractivity contribution < 1.29 is 42.7 Å². The summed E-state index contributed by atoms with van der Waals surface area (Å²) in [6.07, 6.45) is 49.5. The van der Waals surface area contributed by atoms with Gasteiger partial charge in [-0.1, -0.05) is 171 Å². The monoisotopic (exact) mass is 821 g/mol. The number of carbonyl (C=O) groups is 3. The van der Waals surface area contributed by atoms with Crippen molar-refractivity contribution in [3.8, 4) is 0 Å². The van der Waals surface area contributed by atoms with Crippen LogP contribution in [0.4, 0.5) is 0 Å². The lowest BCUT2D eigenvalue weighted by Gasteiger charge is -2.18. The summed E-state index contributed by atoms with van der Waals surface area (Å²) in [6.45, 7) is 3.46. The van der Waals surface area contributed by atoms with Crippen molar-refractivity contribution in [2.45, 2.75) is 206 Å². The maximum Gasteiger partial charge on any atom is 0.469 e. The van der Waals surface area contributed by atoms with E-state index in [4.69, 9.17) is 19.3 Å². The quantitative estimate of drug-likeness (QED) is 0.0154. The largest absolute Gasteiger partial charge is 0.469 e. The smallest absolute Gasteiger partial charge is 0.462 e. The first kappa shape index (κ1) is 54.4. The molecule has 0 bridgehead atoms. The van der Waals surface area contributed by atoms with Crippen molar-refractivity contribution in [1.82, 2.24) is 0 Å². The molecule has 57 heavy (non-hydrogen) atoms. The third kappa shape index (κ3) is 44.4. The van der Waals surface area contributed by atoms with E-state index in [2.05, 4.69) is 54.8 Å². The Labute approximate surface area is 347 Å². The van der Waals surface area contributed by atoms with Crippen molar-refractivity contribution in [3.05, 3.63) is 60.8 Å². The van der Waals surface area contributed by atoms with Crippen molar-refractivity contribution in [3.63, 3.8) is 0 Å². The zero-order valence-corrected chi connectivity index (χ0v) is 36.9. The minimum Gasteiger partial charge on any atom is -0.462 e. The summed E-state index contributed by atoms with van der Waals surface area (Å²) in [5.41, 5.74) is 0. The van der Waals surface area contributed by atoms with Gasteiger partial charge in [0.25, 0.3) is 0 Å². The van der Waals surface area contributed by atoms with Gasteiger partial charge in [-0.3, -0.25) is 18.9 Å². The maximum atomic E-state index is 12.4. The highest BCUT2D eigenvalue weighted by Gasteiger charge is 2.23. The van der Waals surface area contributed by atoms with Crippen LogP contribution in [0.1, 0.15) is 200 Å². The van der Waals surface area contributed by atoms with Gasteiger partial charge in [-0.25, -0.2) is 4.57 Å². The molecule has 2 N–H and O–H groups in total. The number of esters is 2. The molecule has 0 aliphatic carbocycles. The Morgan fingerprint density at radius 1 is 0.509 bits per heavy atom. The molecular formula is C47H81O9P. The highest BCUT2D eigenvalue weighted by Crippen LogP contribution is 2.36. The van der Waals surface area contributed by atoms with Crippen molar-refractivity contribution in [1.29, 1.82) is 0 Å². The van der Waals surface area contributed by atoms with Crippen LogP contribution >= 0.6 is 7.82 Å². The summed E-state index contributed by atoms with van der Waals surface area (Å²) < 4.78 is 26.2. The molecule has 0 aromatic carbocycles. The topological polar surface area (TPSA) is 136 Å². The zero-order valence-electron chi connectivity index (χ0n) is 36.0. The van der Waals surface area contributed by atoms with E-state index in [1.807, 2.05) is 12.2 Å². The summed E-state index contributed by atoms with van der Waals surface area (Å²) in [7, 11) is -4.82. The average molecular weight is 821 g/mol. The van der Waals surface area contributed by atoms with Crippen LogP contribution in [0.3, 0.4) is 0 Å². The van der Waals surface area contributed by atoms with Crippen LogP contribution in [0.25, 0.3) is 0 Å². The molecule has 0 saturated carbocycles. The van der Waals surface area contributed by atoms with Gasteiger partial charge in [0.1, 0.15) is 6.61 Å². The molecule has 0 rings (SSSR count). The molecule has 0 aliphatic rings. The first-order valence-electron chi connectivity index (χ1n) is 22.5. The van der Waals surface area contributed by atoms with Crippen molar-refractivity contribution in [2.24, 2.45) is 0 Å². The molecule has 0 fully saturated rings. The SMILES string of the molecule is CCCCC/C=C\C/C=C\C/C=C\C=C\C(=O)CCCC(=O)O[C@H](COC(=O)CCCCCCCCCCCCC/C=C\CCCCCCCC)COP(=O)(O)O. The molecule has 0 aliphatic heterocycles. The van der Waals surface area contributed by atoms with Gasteiger partial charge in [0, 0.05) is 19.3 Å². The molecule has 0 spiro atoms. The standard InChI is InChI=1S/C47H81O9P/c1-3-5-7-9-11-13-15-17-18-19-20-21-22-23-24-26-28-30-32-34-36-40-46(49)54-42-45(43-55-57(51,52)53)56-47(50)41-37-39-44(48)38-35-33-31-29-27-25-16-14-12-10-8-6-4-2/h12,14,17-18,25,27,31,33,35,38,45H,3-11,13,15-16,19-24,26,28-30,32,34,36-37,39-43H2,1-2H3,(H2,51,52,53)/b14-12-,18-17-,27-25-,33-31-,38-35+/t45-/m1/s1. The molecule has 1 atom stereocenters. The number of unbranched alkanes of at least 4 members (excludes halogenated alkanes) is 20. The number of phosphoric acid groups is 1. The zero-order chi connectivity index (χ0) is 41.9. The first-order chi connectivity index (χ1) is 27.7. The van der Waals surface area contributed by atoms with Crippen LogP contribution in [-0.2, 0) is 32.9 Å². The molecule has 10 heteroatoms. The van der Waals surface area contributed by atoms with E-state index in [1.54, 1.807) is 6.08 Å². The molecule has 0 heterocycles. The fourth-order valence-corrected chi connectivity index (χ4v) is 6.45. The lowest BCUT2D eigenvalue weighted by Crippen LogP contribution is -2.29. The number of hydrogen-bond donors (Lipinski definition) is 2. The second kappa shape index (κ2) is 41.6. The fraction of sp³-hybridized carbons (Fsp3) is 0.723. The molecule has 9 nitrogen and oxygen atoms in total. The Morgan fingerprint density at radius 2 is 0.965 bits per heavy atom. The highest BCUT2D eigenvalue weighted by atomic mass is 31.2. The third-order valence-corrected chi connectivity index (χ3v) is 9.97. The number of allylic oxidation sites excluding steroid dienone is 10. The Bertz CT molecular complexity index is 1170. The summed E-state index contributed by atoms with van der Waals surface area (Å²) in [6, 6.07) is 0. The lowest BCUT2D eigenvalue weighted by molar-refractivity contribution is -0.161. The summed E-state index contributed by atoms with van der Waals surface area (Å²) in [5.74, 6) is -1.27. The fourth-order valence-electron chi connectivity index (χ4n) is 6.09. The average Bonchev–Trinajstić information content (AvgIpc) is 3.18. The van der Waals surface area contributed by atoms with Crippen LogP contribution in [-0.4, -0.2) is 46.8 Å². The van der Waals surface area contributed by atoms with Crippen molar-refractivity contribution >= 4 is 25.5 Å². The predicted octanol–water partition coefficient (Wildman–Crippen LogP) is 13.3.